The Morgan fingerprint density at radius 2 is 1.51 bits per heavy atom. The Bertz CT molecular complexity index is 890. The Balaban J connectivity index is 2.91. The van der Waals surface area contributed by atoms with E-state index in [1.54, 1.807) is 18.2 Å². The van der Waals surface area contributed by atoms with E-state index in [0.717, 1.165) is 5.56 Å². The Morgan fingerprint density at radius 1 is 0.914 bits per heavy atom. The largest absolute Gasteiger partial charge is 0.351 e. The van der Waals surface area contributed by atoms with Crippen molar-refractivity contribution >= 4 is 35.0 Å². The SMILES string of the molecule is CCOC(OCC)[C@H](CC)NC(=O)[C@H](C)NC(=O)C(=O)Nc1cc(NC(C)=O)ccc1C(C)(C)C. The number of hydrogen-bond acceptors (Lipinski definition) is 6. The van der Waals surface area contributed by atoms with E-state index >= 15 is 0 Å². The number of anilines is 2. The highest BCUT2D eigenvalue weighted by atomic mass is 16.7. The minimum atomic E-state index is -0.973. The van der Waals surface area contributed by atoms with Crippen molar-refractivity contribution in [1.82, 2.24) is 10.6 Å². The van der Waals surface area contributed by atoms with E-state index in [-0.39, 0.29) is 11.3 Å². The summed E-state index contributed by atoms with van der Waals surface area (Å²) in [6, 6.07) is 3.72. The molecule has 196 valence electrons. The minimum absolute atomic E-state index is 0.260. The van der Waals surface area contributed by atoms with Crippen LogP contribution in [0.4, 0.5) is 11.4 Å². The number of carbonyl (C=O) groups is 4. The van der Waals surface area contributed by atoms with E-state index in [1.807, 2.05) is 41.5 Å². The molecule has 0 radical (unpaired) electrons. The maximum Gasteiger partial charge on any atom is 0.313 e. The van der Waals surface area contributed by atoms with Gasteiger partial charge in [-0.05, 0) is 50.3 Å². The summed E-state index contributed by atoms with van der Waals surface area (Å²) in [6.45, 7) is 15.1. The lowest BCUT2D eigenvalue weighted by Gasteiger charge is -2.28. The Kier molecular flexibility index (Phi) is 11.8. The summed E-state index contributed by atoms with van der Waals surface area (Å²) in [5, 5.41) is 10.5. The summed E-state index contributed by atoms with van der Waals surface area (Å²) in [5.74, 6) is -2.62. The van der Waals surface area contributed by atoms with E-state index < -0.39 is 36.1 Å². The highest BCUT2D eigenvalue weighted by molar-refractivity contribution is 6.40. The van der Waals surface area contributed by atoms with Crippen LogP contribution in [0.5, 0.6) is 0 Å². The van der Waals surface area contributed by atoms with Crippen molar-refractivity contribution in [2.24, 2.45) is 0 Å². The van der Waals surface area contributed by atoms with Gasteiger partial charge >= 0.3 is 11.8 Å². The number of hydrogen-bond donors (Lipinski definition) is 4. The van der Waals surface area contributed by atoms with Gasteiger partial charge in [-0.3, -0.25) is 19.2 Å². The molecule has 0 fully saturated rings. The number of amides is 4. The summed E-state index contributed by atoms with van der Waals surface area (Å²) in [5.41, 5.74) is 1.32. The van der Waals surface area contributed by atoms with Gasteiger partial charge in [0.05, 0.1) is 6.04 Å². The first-order valence-electron chi connectivity index (χ1n) is 11.9. The van der Waals surface area contributed by atoms with Gasteiger partial charge in [-0.2, -0.15) is 0 Å². The van der Waals surface area contributed by atoms with Crippen molar-refractivity contribution in [3.63, 3.8) is 0 Å². The van der Waals surface area contributed by atoms with Crippen molar-refractivity contribution in [2.45, 2.75) is 85.6 Å². The lowest BCUT2D eigenvalue weighted by Crippen LogP contribution is -2.53. The molecule has 0 spiro atoms. The van der Waals surface area contributed by atoms with Crippen molar-refractivity contribution in [3.05, 3.63) is 23.8 Å². The van der Waals surface area contributed by atoms with Crippen LogP contribution >= 0.6 is 0 Å². The molecule has 0 saturated carbocycles. The fourth-order valence-corrected chi connectivity index (χ4v) is 3.37. The molecule has 0 aliphatic heterocycles. The van der Waals surface area contributed by atoms with Gasteiger partial charge < -0.3 is 30.7 Å². The monoisotopic (exact) mass is 492 g/mol. The highest BCUT2D eigenvalue weighted by Crippen LogP contribution is 2.31. The normalized spacial score (nSPS) is 13.1. The third-order valence-electron chi connectivity index (χ3n) is 5.10. The Labute approximate surface area is 207 Å². The lowest BCUT2D eigenvalue weighted by atomic mass is 9.85. The average Bonchev–Trinajstić information content (AvgIpc) is 2.75. The summed E-state index contributed by atoms with van der Waals surface area (Å²) in [7, 11) is 0. The second-order valence-corrected chi connectivity index (χ2v) is 9.14. The molecule has 1 aromatic carbocycles. The molecule has 1 aromatic rings. The fraction of sp³-hybridized carbons (Fsp3) is 0.600. The second kappa shape index (κ2) is 13.8. The molecule has 0 saturated heterocycles. The molecule has 0 aromatic heterocycles. The Hall–Kier alpha value is -2.98. The van der Waals surface area contributed by atoms with Gasteiger partial charge in [0.15, 0.2) is 6.29 Å². The zero-order valence-electron chi connectivity index (χ0n) is 22.0. The predicted molar refractivity (Wildman–Crippen MR) is 135 cm³/mol. The van der Waals surface area contributed by atoms with Crippen LogP contribution in [0, 0.1) is 0 Å². The van der Waals surface area contributed by atoms with Crippen molar-refractivity contribution in [2.75, 3.05) is 23.8 Å². The summed E-state index contributed by atoms with van der Waals surface area (Å²) in [4.78, 5) is 49.3. The molecule has 35 heavy (non-hydrogen) atoms. The molecular formula is C25H40N4O6. The molecule has 4 N–H and O–H groups in total. The van der Waals surface area contributed by atoms with E-state index in [9.17, 15) is 19.2 Å². The smallest absolute Gasteiger partial charge is 0.313 e. The van der Waals surface area contributed by atoms with Crippen LogP contribution in [0.25, 0.3) is 0 Å². The first-order chi connectivity index (χ1) is 16.3. The summed E-state index contributed by atoms with van der Waals surface area (Å²) < 4.78 is 11.1. The molecule has 10 heteroatoms. The van der Waals surface area contributed by atoms with Gasteiger partial charge in [-0.25, -0.2) is 0 Å². The quantitative estimate of drug-likeness (QED) is 0.277. The average molecular weight is 493 g/mol. The van der Waals surface area contributed by atoms with Crippen LogP contribution in [0.2, 0.25) is 0 Å². The third-order valence-corrected chi connectivity index (χ3v) is 5.10. The van der Waals surface area contributed by atoms with Crippen LogP contribution in [-0.2, 0) is 34.1 Å². The first-order valence-corrected chi connectivity index (χ1v) is 11.9. The van der Waals surface area contributed by atoms with E-state index in [2.05, 4.69) is 21.3 Å². The van der Waals surface area contributed by atoms with Crippen LogP contribution < -0.4 is 21.3 Å². The minimum Gasteiger partial charge on any atom is -0.351 e. The number of rotatable bonds is 11. The molecule has 0 bridgehead atoms. The molecule has 0 aliphatic rings. The van der Waals surface area contributed by atoms with E-state index in [1.165, 1.54) is 13.8 Å². The van der Waals surface area contributed by atoms with Crippen LogP contribution in [0.15, 0.2) is 18.2 Å². The lowest BCUT2D eigenvalue weighted by molar-refractivity contribution is -0.159. The maximum atomic E-state index is 12.7. The van der Waals surface area contributed by atoms with Crippen LogP contribution in [0.3, 0.4) is 0 Å². The van der Waals surface area contributed by atoms with E-state index in [4.69, 9.17) is 9.47 Å². The molecule has 1 rings (SSSR count). The highest BCUT2D eigenvalue weighted by Gasteiger charge is 2.27. The van der Waals surface area contributed by atoms with Gasteiger partial charge in [0.25, 0.3) is 0 Å². The predicted octanol–water partition coefficient (Wildman–Crippen LogP) is 2.68. The summed E-state index contributed by atoms with van der Waals surface area (Å²) in [6.07, 6.45) is -0.0607. The molecule has 0 aliphatic carbocycles. The van der Waals surface area contributed by atoms with Crippen LogP contribution in [0.1, 0.15) is 67.4 Å². The van der Waals surface area contributed by atoms with Gasteiger partial charge in [0.2, 0.25) is 11.8 Å². The van der Waals surface area contributed by atoms with Crippen molar-refractivity contribution in [1.29, 1.82) is 0 Å². The molecule has 0 unspecified atom stereocenters. The number of benzene rings is 1. The topological polar surface area (TPSA) is 135 Å². The number of ether oxygens (including phenoxy) is 2. The third kappa shape index (κ3) is 9.65. The molecule has 2 atom stereocenters. The van der Waals surface area contributed by atoms with E-state index in [0.29, 0.717) is 31.0 Å². The number of nitrogens with one attached hydrogen (secondary N) is 4. The molecule has 10 nitrogen and oxygen atoms in total. The first kappa shape index (κ1) is 30.1. The molecule has 0 heterocycles. The van der Waals surface area contributed by atoms with Gasteiger partial charge in [0, 0.05) is 31.5 Å². The Morgan fingerprint density at radius 3 is 2.00 bits per heavy atom. The van der Waals surface area contributed by atoms with Crippen LogP contribution in [-0.4, -0.2) is 55.2 Å². The maximum absolute atomic E-state index is 12.7. The standard InChI is InChI=1S/C25H40N4O6/c1-9-19(24(34-10-2)35-11-3)28-21(31)15(4)26-22(32)23(33)29-20-14-17(27-16(5)30)12-13-18(20)25(6,7)8/h12-15,19,24H,9-11H2,1-8H3,(H,26,32)(H,27,30)(H,28,31)(H,29,33)/t15-,19-/m0/s1. The fourth-order valence-electron chi connectivity index (χ4n) is 3.37. The van der Waals surface area contributed by atoms with Crippen molar-refractivity contribution in [3.8, 4) is 0 Å². The zero-order valence-corrected chi connectivity index (χ0v) is 22.0. The zero-order chi connectivity index (χ0) is 26.8. The second-order valence-electron chi connectivity index (χ2n) is 9.14. The van der Waals surface area contributed by atoms with Gasteiger partial charge in [-0.1, -0.05) is 33.8 Å². The molecule has 4 amide bonds. The molecular weight excluding hydrogens is 452 g/mol. The van der Waals surface area contributed by atoms with Gasteiger partial charge in [0.1, 0.15) is 6.04 Å². The number of carbonyl (C=O) groups excluding carboxylic acids is 4. The van der Waals surface area contributed by atoms with Gasteiger partial charge in [-0.15, -0.1) is 0 Å². The van der Waals surface area contributed by atoms with Crippen molar-refractivity contribution < 1.29 is 28.7 Å². The summed E-state index contributed by atoms with van der Waals surface area (Å²) >= 11 is 0.